The second kappa shape index (κ2) is 4.85. The molecule has 1 N–H and O–H groups in total. The molecule has 1 atom stereocenters. The quantitative estimate of drug-likeness (QED) is 0.922. The third-order valence-corrected chi connectivity index (χ3v) is 3.63. The number of carboxylic acids is 1. The summed E-state index contributed by atoms with van der Waals surface area (Å²) in [6.07, 6.45) is 1.33. The number of halogens is 2. The number of carboxylic acid groups (broad SMARTS) is 1. The molecule has 0 saturated heterocycles. The monoisotopic (exact) mass is 283 g/mol. The summed E-state index contributed by atoms with van der Waals surface area (Å²) in [6.45, 7) is 2.46. The molecule has 1 unspecified atom stereocenters. The van der Waals surface area contributed by atoms with Gasteiger partial charge in [0.2, 0.25) is 5.91 Å². The molecule has 6 heteroatoms. The first-order valence-electron chi connectivity index (χ1n) is 6.28. The lowest BCUT2D eigenvalue weighted by molar-refractivity contribution is -0.159. The smallest absolute Gasteiger partial charge is 0.334 e. The molecule has 1 aliphatic rings. The summed E-state index contributed by atoms with van der Waals surface area (Å²) < 4.78 is 27.4. The molecule has 1 saturated carbocycles. The van der Waals surface area contributed by atoms with Gasteiger partial charge in [0.05, 0.1) is 0 Å². The number of aliphatic carboxylic acids is 1. The summed E-state index contributed by atoms with van der Waals surface area (Å²) in [4.78, 5) is 24.6. The van der Waals surface area contributed by atoms with Gasteiger partial charge in [-0.1, -0.05) is 12.1 Å². The first-order valence-corrected chi connectivity index (χ1v) is 6.28. The summed E-state index contributed by atoms with van der Waals surface area (Å²) in [5.41, 5.74) is -2.26. The van der Waals surface area contributed by atoms with Gasteiger partial charge in [-0.2, -0.15) is 0 Å². The summed E-state index contributed by atoms with van der Waals surface area (Å²) >= 11 is 0. The van der Waals surface area contributed by atoms with E-state index in [1.54, 1.807) is 0 Å². The van der Waals surface area contributed by atoms with Gasteiger partial charge in [-0.15, -0.1) is 0 Å². The lowest BCUT2D eigenvalue weighted by Crippen LogP contribution is -2.53. The van der Waals surface area contributed by atoms with E-state index >= 15 is 0 Å². The summed E-state index contributed by atoms with van der Waals surface area (Å²) in [7, 11) is 0. The van der Waals surface area contributed by atoms with Crippen molar-refractivity contribution in [3.05, 3.63) is 35.4 Å². The van der Waals surface area contributed by atoms with Gasteiger partial charge in [0.1, 0.15) is 0 Å². The molecule has 0 aliphatic heterocycles. The number of amides is 1. The number of carbonyl (C=O) groups is 2. The number of nitrogens with zero attached hydrogens (tertiary/aromatic N) is 1. The van der Waals surface area contributed by atoms with Crippen molar-refractivity contribution < 1.29 is 23.5 Å². The lowest BCUT2D eigenvalue weighted by Gasteiger charge is -2.38. The molecule has 1 fully saturated rings. The van der Waals surface area contributed by atoms with Gasteiger partial charge in [0.25, 0.3) is 0 Å². The van der Waals surface area contributed by atoms with Crippen molar-refractivity contribution in [1.29, 1.82) is 0 Å². The standard InChI is InChI=1S/C14H15F2NO3/c1-8(18)17(9-6-7-9)14(2,13(19)20)10-4-3-5-11(15)12(10)16/h3-5,9H,6-7H2,1-2H3,(H,19,20). The molecule has 0 radical (unpaired) electrons. The Bertz CT molecular complexity index is 572. The third-order valence-electron chi connectivity index (χ3n) is 3.63. The Kier molecular flexibility index (Phi) is 3.50. The Morgan fingerprint density at radius 2 is 1.95 bits per heavy atom. The van der Waals surface area contributed by atoms with Crippen LogP contribution in [-0.4, -0.2) is 27.9 Å². The second-order valence-corrected chi connectivity index (χ2v) is 5.10. The zero-order valence-corrected chi connectivity index (χ0v) is 11.2. The minimum atomic E-state index is -1.92. The van der Waals surface area contributed by atoms with E-state index in [2.05, 4.69) is 0 Å². The summed E-state index contributed by atoms with van der Waals surface area (Å²) in [6, 6.07) is 3.11. The van der Waals surface area contributed by atoms with Crippen molar-refractivity contribution in [2.24, 2.45) is 0 Å². The van der Waals surface area contributed by atoms with E-state index in [1.165, 1.54) is 26.0 Å². The Morgan fingerprint density at radius 3 is 2.40 bits per heavy atom. The molecule has 1 aromatic carbocycles. The van der Waals surface area contributed by atoms with Crippen molar-refractivity contribution in [3.8, 4) is 0 Å². The fourth-order valence-electron chi connectivity index (χ4n) is 2.50. The molecule has 2 rings (SSSR count). The molecule has 0 bridgehead atoms. The van der Waals surface area contributed by atoms with Gasteiger partial charge in [0, 0.05) is 18.5 Å². The van der Waals surface area contributed by atoms with E-state index in [1.807, 2.05) is 0 Å². The van der Waals surface area contributed by atoms with Gasteiger partial charge >= 0.3 is 5.97 Å². The van der Waals surface area contributed by atoms with E-state index in [9.17, 15) is 23.5 Å². The van der Waals surface area contributed by atoms with Gasteiger partial charge in [0.15, 0.2) is 17.2 Å². The predicted octanol–water partition coefficient (Wildman–Crippen LogP) is 2.28. The molecule has 0 spiro atoms. The summed E-state index contributed by atoms with van der Waals surface area (Å²) in [5.74, 6) is -4.22. The molecular weight excluding hydrogens is 268 g/mol. The van der Waals surface area contributed by atoms with E-state index in [4.69, 9.17) is 0 Å². The maximum absolute atomic E-state index is 14.0. The Labute approximate surface area is 115 Å². The number of rotatable bonds is 4. The molecule has 108 valence electrons. The van der Waals surface area contributed by atoms with Crippen molar-refractivity contribution in [2.45, 2.75) is 38.3 Å². The van der Waals surface area contributed by atoms with Crippen molar-refractivity contribution in [1.82, 2.24) is 4.90 Å². The Balaban J connectivity index is 2.62. The van der Waals surface area contributed by atoms with E-state index in [0.29, 0.717) is 12.8 Å². The van der Waals surface area contributed by atoms with Crippen LogP contribution in [0.15, 0.2) is 18.2 Å². The van der Waals surface area contributed by atoms with Crippen LogP contribution in [0, 0.1) is 11.6 Å². The van der Waals surface area contributed by atoms with Crippen LogP contribution in [0.5, 0.6) is 0 Å². The number of carbonyl (C=O) groups excluding carboxylic acids is 1. The van der Waals surface area contributed by atoms with Crippen LogP contribution in [-0.2, 0) is 15.1 Å². The molecule has 0 heterocycles. The van der Waals surface area contributed by atoms with E-state index in [-0.39, 0.29) is 11.6 Å². The van der Waals surface area contributed by atoms with Gasteiger partial charge in [-0.05, 0) is 25.8 Å². The van der Waals surface area contributed by atoms with Gasteiger partial charge < -0.3 is 10.0 Å². The molecule has 1 aromatic rings. The zero-order valence-electron chi connectivity index (χ0n) is 11.2. The molecule has 1 amide bonds. The first kappa shape index (κ1) is 14.4. The molecule has 4 nitrogen and oxygen atoms in total. The maximum atomic E-state index is 14.0. The highest BCUT2D eigenvalue weighted by atomic mass is 19.2. The van der Waals surface area contributed by atoms with Crippen molar-refractivity contribution >= 4 is 11.9 Å². The van der Waals surface area contributed by atoms with Crippen LogP contribution in [0.1, 0.15) is 32.3 Å². The highest BCUT2D eigenvalue weighted by Gasteiger charge is 2.50. The zero-order chi connectivity index (χ0) is 15.1. The average Bonchev–Trinajstić information content (AvgIpc) is 3.16. The predicted molar refractivity (Wildman–Crippen MR) is 66.9 cm³/mol. The minimum absolute atomic E-state index is 0.240. The van der Waals surface area contributed by atoms with Crippen LogP contribution in [0.4, 0.5) is 8.78 Å². The SMILES string of the molecule is CC(=O)N(C1CC1)C(C)(C(=O)O)c1cccc(F)c1F. The topological polar surface area (TPSA) is 57.6 Å². The Hall–Kier alpha value is -1.98. The normalized spacial score (nSPS) is 17.4. The third kappa shape index (κ3) is 2.15. The average molecular weight is 283 g/mol. The molecule has 0 aromatic heterocycles. The van der Waals surface area contributed by atoms with Crippen molar-refractivity contribution in [3.63, 3.8) is 0 Å². The van der Waals surface area contributed by atoms with Gasteiger partial charge in [-0.3, -0.25) is 4.79 Å². The molecular formula is C14H15F2NO3. The van der Waals surface area contributed by atoms with Gasteiger partial charge in [-0.25, -0.2) is 13.6 Å². The van der Waals surface area contributed by atoms with Crippen LogP contribution < -0.4 is 0 Å². The van der Waals surface area contributed by atoms with Crippen LogP contribution in [0.2, 0.25) is 0 Å². The number of benzene rings is 1. The Morgan fingerprint density at radius 1 is 1.35 bits per heavy atom. The minimum Gasteiger partial charge on any atom is -0.479 e. The van der Waals surface area contributed by atoms with Crippen LogP contribution in [0.25, 0.3) is 0 Å². The molecule has 20 heavy (non-hydrogen) atoms. The fourth-order valence-corrected chi connectivity index (χ4v) is 2.50. The number of hydrogen-bond donors (Lipinski definition) is 1. The number of hydrogen-bond acceptors (Lipinski definition) is 2. The van der Waals surface area contributed by atoms with E-state index < -0.39 is 29.0 Å². The first-order chi connectivity index (χ1) is 9.30. The largest absolute Gasteiger partial charge is 0.479 e. The van der Waals surface area contributed by atoms with Crippen LogP contribution >= 0.6 is 0 Å². The lowest BCUT2D eigenvalue weighted by atomic mass is 9.89. The second-order valence-electron chi connectivity index (χ2n) is 5.10. The summed E-state index contributed by atoms with van der Waals surface area (Å²) in [5, 5.41) is 9.51. The highest BCUT2D eigenvalue weighted by molar-refractivity contribution is 5.87. The fraction of sp³-hybridized carbons (Fsp3) is 0.429. The van der Waals surface area contributed by atoms with Crippen LogP contribution in [0.3, 0.4) is 0 Å². The maximum Gasteiger partial charge on any atom is 0.334 e. The van der Waals surface area contributed by atoms with E-state index in [0.717, 1.165) is 11.0 Å². The highest BCUT2D eigenvalue weighted by Crippen LogP contribution is 2.40. The molecule has 1 aliphatic carbocycles. The van der Waals surface area contributed by atoms with Crippen molar-refractivity contribution in [2.75, 3.05) is 0 Å².